The van der Waals surface area contributed by atoms with Crippen molar-refractivity contribution < 1.29 is 4.79 Å². The van der Waals surface area contributed by atoms with Crippen molar-refractivity contribution in [1.82, 2.24) is 9.80 Å². The second kappa shape index (κ2) is 5.48. The lowest BCUT2D eigenvalue weighted by molar-refractivity contribution is 0.168. The lowest BCUT2D eigenvalue weighted by atomic mass is 10.4. The molecule has 0 spiro atoms. The maximum Gasteiger partial charge on any atom is 0.320 e. The molecular weight excluding hydrogens is 178 g/mol. The van der Waals surface area contributed by atoms with Gasteiger partial charge in [-0.15, -0.1) is 0 Å². The molecule has 1 aliphatic heterocycles. The highest BCUT2D eigenvalue weighted by molar-refractivity contribution is 5.74. The molecule has 4 heteroatoms. The number of urea groups is 1. The van der Waals surface area contributed by atoms with Crippen molar-refractivity contribution in [1.29, 1.82) is 5.26 Å². The van der Waals surface area contributed by atoms with Gasteiger partial charge in [-0.05, 0) is 19.3 Å². The Bertz CT molecular complexity index is 228. The normalized spacial score (nSPS) is 15.3. The first kappa shape index (κ1) is 10.8. The second-order valence-electron chi connectivity index (χ2n) is 3.56. The van der Waals surface area contributed by atoms with E-state index in [-0.39, 0.29) is 12.6 Å². The molecule has 78 valence electrons. The Morgan fingerprint density at radius 2 is 2.14 bits per heavy atom. The molecule has 0 aromatic rings. The monoisotopic (exact) mass is 195 g/mol. The van der Waals surface area contributed by atoms with Gasteiger partial charge in [0.2, 0.25) is 0 Å². The first-order chi connectivity index (χ1) is 6.79. The molecular formula is C10H17N3O. The maximum absolute atomic E-state index is 11.8. The Labute approximate surface area is 85.1 Å². The predicted molar refractivity (Wildman–Crippen MR) is 53.7 cm³/mol. The van der Waals surface area contributed by atoms with Gasteiger partial charge in [-0.3, -0.25) is 0 Å². The van der Waals surface area contributed by atoms with Crippen LogP contribution in [0.25, 0.3) is 0 Å². The average Bonchev–Trinajstić information content (AvgIpc) is 2.69. The Kier molecular flexibility index (Phi) is 4.24. The summed E-state index contributed by atoms with van der Waals surface area (Å²) in [7, 11) is 0. The number of nitrogens with zero attached hydrogens (tertiary/aromatic N) is 3. The van der Waals surface area contributed by atoms with Gasteiger partial charge >= 0.3 is 6.03 Å². The van der Waals surface area contributed by atoms with Crippen LogP contribution >= 0.6 is 0 Å². The fraction of sp³-hybridized carbons (Fsp3) is 0.800. The van der Waals surface area contributed by atoms with Crippen LogP contribution in [0.4, 0.5) is 4.79 Å². The molecule has 2 amide bonds. The van der Waals surface area contributed by atoms with Crippen LogP contribution in [0, 0.1) is 11.3 Å². The molecule has 0 aromatic heterocycles. The van der Waals surface area contributed by atoms with E-state index in [1.165, 1.54) is 0 Å². The Balaban J connectivity index is 2.49. The summed E-state index contributed by atoms with van der Waals surface area (Å²) in [5.41, 5.74) is 0. The van der Waals surface area contributed by atoms with Crippen LogP contribution in [-0.4, -0.2) is 42.0 Å². The third kappa shape index (κ3) is 2.63. The molecule has 0 N–H and O–H groups in total. The summed E-state index contributed by atoms with van der Waals surface area (Å²) in [5, 5.41) is 8.59. The molecule has 1 saturated heterocycles. The minimum absolute atomic E-state index is 0.0332. The van der Waals surface area contributed by atoms with E-state index in [0.29, 0.717) is 6.54 Å². The van der Waals surface area contributed by atoms with Crippen molar-refractivity contribution >= 4 is 6.03 Å². The second-order valence-corrected chi connectivity index (χ2v) is 3.56. The summed E-state index contributed by atoms with van der Waals surface area (Å²) in [6.07, 6.45) is 3.10. The standard InChI is InChI=1S/C10H17N3O/c1-2-6-12(9-5-11)10(14)13-7-3-4-8-13/h2-4,6-9H2,1H3. The number of rotatable bonds is 3. The zero-order chi connectivity index (χ0) is 10.4. The molecule has 1 aliphatic rings. The van der Waals surface area contributed by atoms with Gasteiger partial charge in [0.05, 0.1) is 6.07 Å². The van der Waals surface area contributed by atoms with Crippen LogP contribution in [-0.2, 0) is 0 Å². The van der Waals surface area contributed by atoms with Gasteiger partial charge in [-0.25, -0.2) is 4.79 Å². The van der Waals surface area contributed by atoms with Crippen molar-refractivity contribution in [3.63, 3.8) is 0 Å². The van der Waals surface area contributed by atoms with Crippen LogP contribution < -0.4 is 0 Å². The zero-order valence-electron chi connectivity index (χ0n) is 8.70. The minimum atomic E-state index is 0.0332. The lowest BCUT2D eigenvalue weighted by Gasteiger charge is -2.25. The van der Waals surface area contributed by atoms with E-state index < -0.39 is 0 Å². The molecule has 4 nitrogen and oxygen atoms in total. The van der Waals surface area contributed by atoms with Crippen LogP contribution in [0.2, 0.25) is 0 Å². The van der Waals surface area contributed by atoms with Crippen LogP contribution in [0.15, 0.2) is 0 Å². The van der Waals surface area contributed by atoms with E-state index >= 15 is 0 Å². The summed E-state index contributed by atoms with van der Waals surface area (Å²) in [6.45, 7) is 4.61. The van der Waals surface area contributed by atoms with Crippen molar-refractivity contribution in [2.75, 3.05) is 26.2 Å². The van der Waals surface area contributed by atoms with E-state index in [9.17, 15) is 4.79 Å². The number of hydrogen-bond acceptors (Lipinski definition) is 2. The van der Waals surface area contributed by atoms with Crippen molar-refractivity contribution in [2.45, 2.75) is 26.2 Å². The molecule has 0 atom stereocenters. The largest absolute Gasteiger partial charge is 0.325 e. The fourth-order valence-corrected chi connectivity index (χ4v) is 1.71. The van der Waals surface area contributed by atoms with Gasteiger partial charge in [0.15, 0.2) is 0 Å². The van der Waals surface area contributed by atoms with Crippen LogP contribution in [0.3, 0.4) is 0 Å². The number of carbonyl (C=O) groups excluding carboxylic acids is 1. The van der Waals surface area contributed by atoms with E-state index in [0.717, 1.165) is 32.4 Å². The highest BCUT2D eigenvalue weighted by Gasteiger charge is 2.22. The fourth-order valence-electron chi connectivity index (χ4n) is 1.71. The van der Waals surface area contributed by atoms with Crippen molar-refractivity contribution in [3.8, 4) is 6.07 Å². The summed E-state index contributed by atoms with van der Waals surface area (Å²) in [5.74, 6) is 0. The zero-order valence-corrected chi connectivity index (χ0v) is 8.70. The van der Waals surface area contributed by atoms with Crippen LogP contribution in [0.5, 0.6) is 0 Å². The SMILES string of the molecule is CCCN(CC#N)C(=O)N1CCCC1. The third-order valence-electron chi connectivity index (χ3n) is 2.40. The third-order valence-corrected chi connectivity index (χ3v) is 2.40. The molecule has 0 unspecified atom stereocenters. The predicted octanol–water partition coefficient (Wildman–Crippen LogP) is 1.44. The van der Waals surface area contributed by atoms with Crippen LogP contribution in [0.1, 0.15) is 26.2 Å². The number of likely N-dealkylation sites (tertiary alicyclic amines) is 1. The molecule has 0 aromatic carbocycles. The molecule has 14 heavy (non-hydrogen) atoms. The Hall–Kier alpha value is -1.24. The van der Waals surface area contributed by atoms with Gasteiger partial charge in [0.1, 0.15) is 6.54 Å². The maximum atomic E-state index is 11.8. The van der Waals surface area contributed by atoms with E-state index in [1.54, 1.807) is 4.90 Å². The summed E-state index contributed by atoms with van der Waals surface area (Å²) in [4.78, 5) is 15.3. The topological polar surface area (TPSA) is 47.3 Å². The Morgan fingerprint density at radius 1 is 1.50 bits per heavy atom. The van der Waals surface area contributed by atoms with Crippen molar-refractivity contribution in [3.05, 3.63) is 0 Å². The van der Waals surface area contributed by atoms with Gasteiger partial charge in [0, 0.05) is 19.6 Å². The molecule has 1 fully saturated rings. The first-order valence-corrected chi connectivity index (χ1v) is 5.20. The van der Waals surface area contributed by atoms with E-state index in [4.69, 9.17) is 5.26 Å². The lowest BCUT2D eigenvalue weighted by Crippen LogP contribution is -2.42. The smallest absolute Gasteiger partial charge is 0.320 e. The summed E-state index contributed by atoms with van der Waals surface area (Å²) >= 11 is 0. The number of nitriles is 1. The van der Waals surface area contributed by atoms with E-state index in [1.807, 2.05) is 17.9 Å². The molecule has 1 rings (SSSR count). The van der Waals surface area contributed by atoms with Gasteiger partial charge in [0.25, 0.3) is 0 Å². The highest BCUT2D eigenvalue weighted by Crippen LogP contribution is 2.10. The summed E-state index contributed by atoms with van der Waals surface area (Å²) in [6, 6.07) is 2.07. The minimum Gasteiger partial charge on any atom is -0.325 e. The average molecular weight is 195 g/mol. The molecule has 0 aliphatic carbocycles. The molecule has 0 radical (unpaired) electrons. The highest BCUT2D eigenvalue weighted by atomic mass is 16.2. The number of carbonyl (C=O) groups is 1. The van der Waals surface area contributed by atoms with Gasteiger partial charge < -0.3 is 9.80 Å². The first-order valence-electron chi connectivity index (χ1n) is 5.20. The van der Waals surface area contributed by atoms with E-state index in [2.05, 4.69) is 0 Å². The molecule has 1 heterocycles. The molecule has 0 bridgehead atoms. The summed E-state index contributed by atoms with van der Waals surface area (Å²) < 4.78 is 0. The Morgan fingerprint density at radius 3 is 2.64 bits per heavy atom. The van der Waals surface area contributed by atoms with Gasteiger partial charge in [-0.2, -0.15) is 5.26 Å². The number of hydrogen-bond donors (Lipinski definition) is 0. The number of amides is 2. The van der Waals surface area contributed by atoms with Crippen molar-refractivity contribution in [2.24, 2.45) is 0 Å². The quantitative estimate of drug-likeness (QED) is 0.640. The molecule has 0 saturated carbocycles. The van der Waals surface area contributed by atoms with Gasteiger partial charge in [-0.1, -0.05) is 6.92 Å².